The smallest absolute Gasteiger partial charge is 0.253 e. The number of likely N-dealkylation sites (tertiary alicyclic amines) is 1. The zero-order chi connectivity index (χ0) is 21.2. The SMILES string of the molecule is O=C(C1=CCCC=C1)N1CCC[C@@H]1CNc1nc(C2=CNC3NCCC=C23)ncc1F. The molecule has 1 aliphatic carbocycles. The van der Waals surface area contributed by atoms with Crippen LogP contribution in [-0.4, -0.2) is 52.6 Å². The number of allylic oxidation sites excluding steroid dienone is 2. The van der Waals surface area contributed by atoms with Crippen molar-refractivity contribution in [3.05, 3.63) is 59.5 Å². The number of rotatable bonds is 5. The highest BCUT2D eigenvalue weighted by atomic mass is 19.1. The second-order valence-electron chi connectivity index (χ2n) is 8.26. The molecule has 162 valence electrons. The molecule has 1 aromatic heterocycles. The Balaban J connectivity index is 1.29. The number of anilines is 1. The van der Waals surface area contributed by atoms with Crippen LogP contribution in [0.5, 0.6) is 0 Å². The van der Waals surface area contributed by atoms with Gasteiger partial charge in [-0.3, -0.25) is 10.1 Å². The molecule has 1 amide bonds. The van der Waals surface area contributed by atoms with E-state index in [9.17, 15) is 9.18 Å². The van der Waals surface area contributed by atoms with Gasteiger partial charge >= 0.3 is 0 Å². The third-order valence-corrected chi connectivity index (χ3v) is 6.24. The van der Waals surface area contributed by atoms with Gasteiger partial charge in [0.15, 0.2) is 17.5 Å². The summed E-state index contributed by atoms with van der Waals surface area (Å²) in [5.41, 5.74) is 2.75. The van der Waals surface area contributed by atoms with E-state index in [1.54, 1.807) is 0 Å². The van der Waals surface area contributed by atoms with Crippen molar-refractivity contribution in [1.82, 2.24) is 25.5 Å². The molecular weight excluding hydrogens is 395 g/mol. The van der Waals surface area contributed by atoms with Crippen LogP contribution in [0.15, 0.2) is 47.8 Å². The van der Waals surface area contributed by atoms with Gasteiger partial charge in [-0.05, 0) is 37.7 Å². The van der Waals surface area contributed by atoms with Crippen LogP contribution < -0.4 is 16.0 Å². The van der Waals surface area contributed by atoms with Crippen molar-refractivity contribution >= 4 is 17.3 Å². The summed E-state index contributed by atoms with van der Waals surface area (Å²) in [4.78, 5) is 23.5. The Morgan fingerprint density at radius 2 is 2.23 bits per heavy atom. The lowest BCUT2D eigenvalue weighted by atomic mass is 10.0. The average molecular weight is 423 g/mol. The zero-order valence-electron chi connectivity index (χ0n) is 17.4. The van der Waals surface area contributed by atoms with E-state index in [1.807, 2.05) is 29.3 Å². The minimum absolute atomic E-state index is 0.0172. The van der Waals surface area contributed by atoms with Crippen LogP contribution in [0.3, 0.4) is 0 Å². The van der Waals surface area contributed by atoms with Gasteiger partial charge in [-0.2, -0.15) is 0 Å². The molecule has 1 fully saturated rings. The first-order chi connectivity index (χ1) is 15.2. The minimum Gasteiger partial charge on any atom is -0.371 e. The van der Waals surface area contributed by atoms with Gasteiger partial charge in [0.25, 0.3) is 5.91 Å². The normalized spacial score (nSPS) is 24.8. The summed E-state index contributed by atoms with van der Waals surface area (Å²) in [6, 6.07) is 0.0172. The van der Waals surface area contributed by atoms with E-state index >= 15 is 0 Å². The van der Waals surface area contributed by atoms with Crippen LogP contribution in [0.2, 0.25) is 0 Å². The molecule has 0 radical (unpaired) electrons. The summed E-state index contributed by atoms with van der Waals surface area (Å²) < 4.78 is 14.5. The van der Waals surface area contributed by atoms with Crippen molar-refractivity contribution in [2.75, 3.05) is 25.0 Å². The molecule has 0 spiro atoms. The molecule has 4 aliphatic rings. The van der Waals surface area contributed by atoms with E-state index < -0.39 is 5.82 Å². The standard InChI is InChI=1S/C23H27FN6O/c24-19-14-28-21(18-13-27-20-17(18)9-4-10-25-20)29-22(19)26-12-16-8-5-11-30(16)23(31)15-6-2-1-3-7-15/h2,6-7,9,13-14,16,20,25,27H,1,3-5,8,10-12H2,(H,26,28,29)/t16-,20?/m1/s1. The summed E-state index contributed by atoms with van der Waals surface area (Å²) in [5, 5.41) is 9.80. The number of aromatic nitrogens is 2. The van der Waals surface area contributed by atoms with Crippen molar-refractivity contribution in [2.24, 2.45) is 0 Å². The number of carbonyl (C=O) groups excluding carboxylic acids is 1. The fraction of sp³-hybridized carbons (Fsp3) is 0.435. The zero-order valence-corrected chi connectivity index (χ0v) is 17.4. The number of nitrogens with one attached hydrogen (secondary N) is 3. The first kappa shape index (κ1) is 19.9. The van der Waals surface area contributed by atoms with Crippen molar-refractivity contribution in [2.45, 2.75) is 44.3 Å². The third-order valence-electron chi connectivity index (χ3n) is 6.24. The summed E-state index contributed by atoms with van der Waals surface area (Å²) in [5.74, 6) is 0.242. The summed E-state index contributed by atoms with van der Waals surface area (Å²) in [6.45, 7) is 2.11. The minimum atomic E-state index is -0.489. The fourth-order valence-corrected chi connectivity index (χ4v) is 4.63. The summed E-state index contributed by atoms with van der Waals surface area (Å²) in [6.07, 6.45) is 16.0. The molecule has 7 nitrogen and oxygen atoms in total. The van der Waals surface area contributed by atoms with Gasteiger partial charge in [-0.25, -0.2) is 14.4 Å². The Bertz CT molecular complexity index is 998. The Kier molecular flexibility index (Phi) is 5.55. The second kappa shape index (κ2) is 8.63. The van der Waals surface area contributed by atoms with Crippen LogP contribution >= 0.6 is 0 Å². The highest BCUT2D eigenvalue weighted by Gasteiger charge is 2.31. The van der Waals surface area contributed by atoms with Crippen molar-refractivity contribution < 1.29 is 9.18 Å². The number of halogens is 1. The van der Waals surface area contributed by atoms with E-state index in [4.69, 9.17) is 0 Å². The van der Waals surface area contributed by atoms with E-state index in [2.05, 4.69) is 32.0 Å². The van der Waals surface area contributed by atoms with Gasteiger partial charge in [0, 0.05) is 43.0 Å². The maximum absolute atomic E-state index is 14.5. The van der Waals surface area contributed by atoms with E-state index in [-0.39, 0.29) is 23.9 Å². The van der Waals surface area contributed by atoms with Crippen LogP contribution in [0, 0.1) is 5.82 Å². The molecule has 1 unspecified atom stereocenters. The second-order valence-corrected chi connectivity index (χ2v) is 8.26. The highest BCUT2D eigenvalue weighted by molar-refractivity contribution is 5.96. The topological polar surface area (TPSA) is 82.2 Å². The monoisotopic (exact) mass is 422 g/mol. The van der Waals surface area contributed by atoms with Gasteiger partial charge < -0.3 is 15.5 Å². The Hall–Kier alpha value is -3.00. The molecule has 1 aromatic rings. The quantitative estimate of drug-likeness (QED) is 0.676. The van der Waals surface area contributed by atoms with Crippen LogP contribution in [0.4, 0.5) is 10.2 Å². The first-order valence-corrected chi connectivity index (χ1v) is 11.0. The lowest BCUT2D eigenvalue weighted by Crippen LogP contribution is -2.40. The number of carbonyl (C=O) groups is 1. The molecular formula is C23H27FN6O. The van der Waals surface area contributed by atoms with Gasteiger partial charge in [0.05, 0.1) is 6.20 Å². The maximum Gasteiger partial charge on any atom is 0.253 e. The molecule has 2 atom stereocenters. The van der Waals surface area contributed by atoms with Crippen LogP contribution in [0.1, 0.15) is 37.9 Å². The van der Waals surface area contributed by atoms with E-state index in [0.717, 1.165) is 61.9 Å². The predicted molar refractivity (Wildman–Crippen MR) is 117 cm³/mol. The molecule has 0 bridgehead atoms. The van der Waals surface area contributed by atoms with Crippen LogP contribution in [0.25, 0.3) is 5.57 Å². The van der Waals surface area contributed by atoms with Gasteiger partial charge in [-0.15, -0.1) is 0 Å². The van der Waals surface area contributed by atoms with Gasteiger partial charge in [0.2, 0.25) is 0 Å². The third kappa shape index (κ3) is 3.99. The number of fused-ring (bicyclic) bond motifs is 1. The average Bonchev–Trinajstić information content (AvgIpc) is 3.46. The lowest BCUT2D eigenvalue weighted by molar-refractivity contribution is -0.127. The molecule has 31 heavy (non-hydrogen) atoms. The molecule has 3 aliphatic heterocycles. The largest absolute Gasteiger partial charge is 0.371 e. The van der Waals surface area contributed by atoms with E-state index in [1.165, 1.54) is 6.20 Å². The Labute approximate surface area is 181 Å². The number of nitrogens with zero attached hydrogens (tertiary/aromatic N) is 3. The lowest BCUT2D eigenvalue weighted by Gasteiger charge is -2.26. The summed E-state index contributed by atoms with van der Waals surface area (Å²) in [7, 11) is 0. The molecule has 8 heteroatoms. The number of hydrogen-bond donors (Lipinski definition) is 3. The maximum atomic E-state index is 14.5. The Morgan fingerprint density at radius 1 is 1.29 bits per heavy atom. The van der Waals surface area contributed by atoms with E-state index in [0.29, 0.717) is 12.4 Å². The molecule has 4 heterocycles. The fourth-order valence-electron chi connectivity index (χ4n) is 4.63. The molecule has 3 N–H and O–H groups in total. The molecule has 5 rings (SSSR count). The van der Waals surface area contributed by atoms with Crippen molar-refractivity contribution in [3.63, 3.8) is 0 Å². The molecule has 0 aromatic carbocycles. The predicted octanol–water partition coefficient (Wildman–Crippen LogP) is 2.48. The Morgan fingerprint density at radius 3 is 3.10 bits per heavy atom. The van der Waals surface area contributed by atoms with Gasteiger partial charge in [-0.1, -0.05) is 24.3 Å². The van der Waals surface area contributed by atoms with Crippen LogP contribution in [-0.2, 0) is 4.79 Å². The highest BCUT2D eigenvalue weighted by Crippen LogP contribution is 2.29. The van der Waals surface area contributed by atoms with Crippen molar-refractivity contribution in [1.29, 1.82) is 0 Å². The summed E-state index contributed by atoms with van der Waals surface area (Å²) >= 11 is 0. The van der Waals surface area contributed by atoms with Gasteiger partial charge in [0.1, 0.15) is 6.17 Å². The van der Waals surface area contributed by atoms with Crippen molar-refractivity contribution in [3.8, 4) is 0 Å². The molecule has 1 saturated heterocycles. The molecule has 0 saturated carbocycles. The number of amides is 1. The number of hydrogen-bond acceptors (Lipinski definition) is 6. The first-order valence-electron chi connectivity index (χ1n) is 11.0.